The maximum Gasteiger partial charge on any atom is 0.235 e. The summed E-state index contributed by atoms with van der Waals surface area (Å²) in [6.07, 6.45) is 1.09. The molecule has 3 nitrogen and oxygen atoms in total. The first-order valence-corrected chi connectivity index (χ1v) is 6.83. The molecule has 0 aromatic carbocycles. The molecule has 1 aliphatic heterocycles. The van der Waals surface area contributed by atoms with Crippen molar-refractivity contribution in [1.82, 2.24) is 0 Å². The van der Waals surface area contributed by atoms with E-state index in [1.54, 1.807) is 0 Å². The summed E-state index contributed by atoms with van der Waals surface area (Å²) < 4.78 is 27.6. The number of ether oxygens (including phenoxy) is 1. The second-order valence-corrected chi connectivity index (χ2v) is 6.68. The Labute approximate surface area is 83.8 Å². The lowest BCUT2D eigenvalue weighted by Gasteiger charge is -2.30. The third-order valence-corrected chi connectivity index (χ3v) is 4.39. The van der Waals surface area contributed by atoms with Crippen LogP contribution in [0.4, 0.5) is 0 Å². The summed E-state index contributed by atoms with van der Waals surface area (Å²) >= 11 is 0. The first-order valence-electron chi connectivity index (χ1n) is 4.46. The Morgan fingerprint density at radius 1 is 1.46 bits per heavy atom. The molecule has 1 fully saturated rings. The van der Waals surface area contributed by atoms with Crippen molar-refractivity contribution in [3.05, 3.63) is 0 Å². The molecule has 1 saturated heterocycles. The van der Waals surface area contributed by atoms with Gasteiger partial charge in [0.1, 0.15) is 0 Å². The molecule has 0 amide bonds. The topological polar surface area (TPSA) is 43.4 Å². The maximum atomic E-state index is 11.1. The highest BCUT2D eigenvalue weighted by Gasteiger charge is 2.32. The van der Waals surface area contributed by atoms with Gasteiger partial charge in [-0.25, -0.2) is 8.42 Å². The average Bonchev–Trinajstić information content (AvgIpc) is 2.03. The van der Waals surface area contributed by atoms with Gasteiger partial charge in [0, 0.05) is 17.3 Å². The van der Waals surface area contributed by atoms with Crippen LogP contribution in [-0.4, -0.2) is 26.4 Å². The molecule has 0 spiro atoms. The summed E-state index contributed by atoms with van der Waals surface area (Å²) in [5.74, 6) is 0.348. The Bertz CT molecular complexity index is 261. The minimum Gasteiger partial charge on any atom is -0.378 e. The van der Waals surface area contributed by atoms with Crippen LogP contribution in [0.1, 0.15) is 26.7 Å². The van der Waals surface area contributed by atoms with Crippen LogP contribution in [0.15, 0.2) is 0 Å². The fourth-order valence-electron chi connectivity index (χ4n) is 1.52. The summed E-state index contributed by atoms with van der Waals surface area (Å²) in [5, 5.41) is -0.421. The first-order chi connectivity index (χ1) is 5.91. The van der Waals surface area contributed by atoms with E-state index in [0.717, 1.165) is 0 Å². The lowest BCUT2D eigenvalue weighted by Crippen LogP contribution is -2.35. The van der Waals surface area contributed by atoms with E-state index in [1.807, 2.05) is 13.8 Å². The quantitative estimate of drug-likeness (QED) is 0.674. The van der Waals surface area contributed by atoms with Crippen LogP contribution in [0.3, 0.4) is 0 Å². The second kappa shape index (κ2) is 4.15. The lowest BCUT2D eigenvalue weighted by molar-refractivity contribution is -0.00976. The summed E-state index contributed by atoms with van der Waals surface area (Å²) in [7, 11) is 1.90. The zero-order valence-corrected chi connectivity index (χ0v) is 9.44. The van der Waals surface area contributed by atoms with Crippen molar-refractivity contribution in [3.63, 3.8) is 0 Å². The molecule has 5 heteroatoms. The van der Waals surface area contributed by atoms with Crippen LogP contribution in [-0.2, 0) is 13.8 Å². The molecule has 1 aliphatic rings. The van der Waals surface area contributed by atoms with Gasteiger partial charge >= 0.3 is 0 Å². The van der Waals surface area contributed by atoms with Gasteiger partial charge in [-0.15, -0.1) is 0 Å². The highest BCUT2D eigenvalue weighted by Crippen LogP contribution is 2.26. The fraction of sp³-hybridized carbons (Fsp3) is 1.00. The van der Waals surface area contributed by atoms with E-state index in [0.29, 0.717) is 25.4 Å². The molecule has 78 valence electrons. The van der Waals surface area contributed by atoms with Crippen LogP contribution in [0.2, 0.25) is 0 Å². The van der Waals surface area contributed by atoms with Gasteiger partial charge < -0.3 is 4.74 Å². The molecule has 0 aromatic rings. The van der Waals surface area contributed by atoms with Crippen LogP contribution in [0.5, 0.6) is 0 Å². The van der Waals surface area contributed by atoms with Crippen LogP contribution in [0.25, 0.3) is 0 Å². The third-order valence-electron chi connectivity index (χ3n) is 2.41. The van der Waals surface area contributed by atoms with Crippen molar-refractivity contribution in [2.24, 2.45) is 5.92 Å². The first kappa shape index (κ1) is 11.3. The van der Waals surface area contributed by atoms with Crippen LogP contribution >= 0.6 is 10.7 Å². The van der Waals surface area contributed by atoms with E-state index in [2.05, 4.69) is 0 Å². The lowest BCUT2D eigenvalue weighted by atomic mass is 9.99. The van der Waals surface area contributed by atoms with Crippen molar-refractivity contribution in [2.75, 3.05) is 6.61 Å². The van der Waals surface area contributed by atoms with Gasteiger partial charge in [-0.3, -0.25) is 0 Å². The maximum absolute atomic E-state index is 11.1. The molecular formula is C8H15ClO3S. The second-order valence-electron chi connectivity index (χ2n) is 3.78. The summed E-state index contributed by atoms with van der Waals surface area (Å²) in [4.78, 5) is 0. The molecule has 0 aliphatic carbocycles. The Morgan fingerprint density at radius 3 is 2.54 bits per heavy atom. The Kier molecular flexibility index (Phi) is 3.60. The van der Waals surface area contributed by atoms with Gasteiger partial charge in [0.05, 0.1) is 11.4 Å². The minimum atomic E-state index is -3.40. The van der Waals surface area contributed by atoms with Gasteiger partial charge in [-0.2, -0.15) is 0 Å². The molecule has 0 radical (unpaired) electrons. The summed E-state index contributed by atoms with van der Waals surface area (Å²) in [6.45, 7) is 4.54. The van der Waals surface area contributed by atoms with Gasteiger partial charge in [0.15, 0.2) is 0 Å². The molecule has 0 aromatic heterocycles. The Morgan fingerprint density at radius 2 is 2.08 bits per heavy atom. The summed E-state index contributed by atoms with van der Waals surface area (Å²) in [5.41, 5.74) is 0. The van der Waals surface area contributed by atoms with Gasteiger partial charge in [-0.05, 0) is 18.8 Å². The summed E-state index contributed by atoms with van der Waals surface area (Å²) in [6, 6.07) is 0. The Balaban J connectivity index is 2.62. The van der Waals surface area contributed by atoms with Crippen molar-refractivity contribution < 1.29 is 13.2 Å². The zero-order chi connectivity index (χ0) is 10.1. The largest absolute Gasteiger partial charge is 0.378 e. The van der Waals surface area contributed by atoms with Crippen molar-refractivity contribution in [2.45, 2.75) is 38.0 Å². The minimum absolute atomic E-state index is 0.0345. The number of hydrogen-bond donors (Lipinski definition) is 0. The number of rotatable bonds is 2. The van der Waals surface area contributed by atoms with Gasteiger partial charge in [0.25, 0.3) is 0 Å². The Hall–Kier alpha value is 0.200. The fourth-order valence-corrected chi connectivity index (χ4v) is 2.80. The standard InChI is InChI=1S/C8H15ClO3S/c1-6(2)8-5-7(3-4-12-8)13(9,10)11/h6-8H,3-5H2,1-2H3. The highest BCUT2D eigenvalue weighted by molar-refractivity contribution is 8.14. The highest BCUT2D eigenvalue weighted by atomic mass is 35.7. The van der Waals surface area contributed by atoms with Crippen molar-refractivity contribution >= 4 is 19.7 Å². The van der Waals surface area contributed by atoms with E-state index < -0.39 is 14.3 Å². The molecular weight excluding hydrogens is 212 g/mol. The van der Waals surface area contributed by atoms with Gasteiger partial charge in [0.2, 0.25) is 9.05 Å². The molecule has 1 rings (SSSR count). The number of halogens is 1. The van der Waals surface area contributed by atoms with Crippen LogP contribution < -0.4 is 0 Å². The SMILES string of the molecule is CC(C)C1CC(S(=O)(=O)Cl)CCO1. The van der Waals surface area contributed by atoms with Crippen molar-refractivity contribution in [3.8, 4) is 0 Å². The van der Waals surface area contributed by atoms with E-state index in [9.17, 15) is 8.42 Å². The van der Waals surface area contributed by atoms with Gasteiger partial charge in [-0.1, -0.05) is 13.8 Å². The van der Waals surface area contributed by atoms with E-state index in [-0.39, 0.29) is 6.10 Å². The zero-order valence-electron chi connectivity index (χ0n) is 7.86. The normalized spacial score (nSPS) is 30.8. The molecule has 0 saturated carbocycles. The van der Waals surface area contributed by atoms with E-state index >= 15 is 0 Å². The molecule has 2 unspecified atom stereocenters. The number of hydrogen-bond acceptors (Lipinski definition) is 3. The third kappa shape index (κ3) is 3.11. The monoisotopic (exact) mass is 226 g/mol. The molecule has 0 N–H and O–H groups in total. The molecule has 2 atom stereocenters. The van der Waals surface area contributed by atoms with Crippen molar-refractivity contribution in [1.29, 1.82) is 0 Å². The molecule has 0 bridgehead atoms. The van der Waals surface area contributed by atoms with Crippen LogP contribution in [0, 0.1) is 5.92 Å². The smallest absolute Gasteiger partial charge is 0.235 e. The average molecular weight is 227 g/mol. The predicted molar refractivity (Wildman–Crippen MR) is 52.4 cm³/mol. The predicted octanol–water partition coefficient (Wildman–Crippen LogP) is 1.76. The van der Waals surface area contributed by atoms with E-state index in [1.165, 1.54) is 0 Å². The van der Waals surface area contributed by atoms with E-state index in [4.69, 9.17) is 15.4 Å². The molecule has 1 heterocycles. The molecule has 13 heavy (non-hydrogen) atoms.